The maximum atomic E-state index is 12.7. The van der Waals surface area contributed by atoms with Crippen LogP contribution >= 0.6 is 0 Å². The molecular formula is C24H30F2O2S. The Bertz CT molecular complexity index is 866. The van der Waals surface area contributed by atoms with Gasteiger partial charge in [0.05, 0.1) is 4.90 Å². The molecule has 1 saturated carbocycles. The fraction of sp³-hybridized carbons (Fsp3) is 0.500. The first kappa shape index (κ1) is 21.9. The third kappa shape index (κ3) is 5.44. The highest BCUT2D eigenvalue weighted by molar-refractivity contribution is 7.91. The third-order valence-electron chi connectivity index (χ3n) is 6.20. The van der Waals surface area contributed by atoms with Gasteiger partial charge in [0, 0.05) is 0 Å². The Morgan fingerprint density at radius 1 is 0.862 bits per heavy atom. The summed E-state index contributed by atoms with van der Waals surface area (Å²) in [6.45, 7) is 2.25. The SMILES string of the molecule is CCCCCC1CCC(c2ccc(-c3ccc(S(=O)(=O)C(F)F)cc3)cc2)CC1. The molecule has 0 bridgehead atoms. The summed E-state index contributed by atoms with van der Waals surface area (Å²) in [5.41, 5.74) is 3.14. The van der Waals surface area contributed by atoms with E-state index in [9.17, 15) is 17.2 Å². The highest BCUT2D eigenvalue weighted by Crippen LogP contribution is 2.38. The first-order valence-electron chi connectivity index (χ1n) is 10.6. The zero-order chi connectivity index (χ0) is 20.9. The van der Waals surface area contributed by atoms with E-state index in [-0.39, 0.29) is 4.90 Å². The molecule has 1 aliphatic carbocycles. The van der Waals surface area contributed by atoms with E-state index in [1.165, 1.54) is 69.1 Å². The largest absolute Gasteiger partial charge is 0.341 e. The van der Waals surface area contributed by atoms with Gasteiger partial charge in [-0.3, -0.25) is 0 Å². The van der Waals surface area contributed by atoms with Crippen molar-refractivity contribution < 1.29 is 17.2 Å². The van der Waals surface area contributed by atoms with Gasteiger partial charge < -0.3 is 0 Å². The number of hydrogen-bond acceptors (Lipinski definition) is 2. The van der Waals surface area contributed by atoms with E-state index in [4.69, 9.17) is 0 Å². The molecule has 29 heavy (non-hydrogen) atoms. The standard InChI is InChI=1S/C24H30F2O2S/c1-2-3-4-5-18-6-8-19(9-7-18)20-10-12-21(13-11-20)22-14-16-23(17-15-22)29(27,28)24(25)26/h10-19,24H,2-9H2,1H3. The van der Waals surface area contributed by atoms with Crippen molar-refractivity contribution in [3.8, 4) is 11.1 Å². The molecule has 0 radical (unpaired) electrons. The molecule has 0 amide bonds. The predicted octanol–water partition coefficient (Wildman–Crippen LogP) is 7.20. The Hall–Kier alpha value is -1.75. The van der Waals surface area contributed by atoms with Gasteiger partial charge in [-0.2, -0.15) is 8.78 Å². The molecule has 3 rings (SSSR count). The molecule has 0 heterocycles. The Morgan fingerprint density at radius 3 is 1.93 bits per heavy atom. The van der Waals surface area contributed by atoms with Crippen LogP contribution < -0.4 is 0 Å². The lowest BCUT2D eigenvalue weighted by molar-refractivity contribution is 0.234. The monoisotopic (exact) mass is 420 g/mol. The Kier molecular flexibility index (Phi) is 7.44. The molecule has 0 spiro atoms. The minimum Gasteiger partial charge on any atom is -0.218 e. The topological polar surface area (TPSA) is 34.1 Å². The van der Waals surface area contributed by atoms with Crippen LogP contribution in [0.15, 0.2) is 53.4 Å². The van der Waals surface area contributed by atoms with Crippen molar-refractivity contribution in [1.29, 1.82) is 0 Å². The van der Waals surface area contributed by atoms with Crippen LogP contribution in [0.5, 0.6) is 0 Å². The minimum absolute atomic E-state index is 0.344. The summed E-state index contributed by atoms with van der Waals surface area (Å²) >= 11 is 0. The van der Waals surface area contributed by atoms with E-state index >= 15 is 0 Å². The molecule has 0 aromatic heterocycles. The molecule has 0 aliphatic heterocycles. The number of rotatable bonds is 8. The van der Waals surface area contributed by atoms with Gasteiger partial charge in [-0.15, -0.1) is 0 Å². The van der Waals surface area contributed by atoms with Crippen molar-refractivity contribution in [3.63, 3.8) is 0 Å². The Balaban J connectivity index is 1.61. The summed E-state index contributed by atoms with van der Waals surface area (Å²) in [5, 5.41) is 0. The summed E-state index contributed by atoms with van der Waals surface area (Å²) in [7, 11) is -4.54. The van der Waals surface area contributed by atoms with Crippen molar-refractivity contribution in [2.75, 3.05) is 0 Å². The van der Waals surface area contributed by atoms with E-state index in [1.807, 2.05) is 12.1 Å². The van der Waals surface area contributed by atoms with Gasteiger partial charge in [0.25, 0.3) is 0 Å². The van der Waals surface area contributed by atoms with Crippen molar-refractivity contribution in [3.05, 3.63) is 54.1 Å². The molecule has 158 valence electrons. The summed E-state index contributed by atoms with van der Waals surface area (Å²) in [6.07, 6.45) is 10.5. The van der Waals surface area contributed by atoms with Crippen LogP contribution in [0.2, 0.25) is 0 Å². The zero-order valence-electron chi connectivity index (χ0n) is 17.0. The predicted molar refractivity (Wildman–Crippen MR) is 114 cm³/mol. The van der Waals surface area contributed by atoms with Gasteiger partial charge in [0.1, 0.15) is 0 Å². The van der Waals surface area contributed by atoms with Crippen molar-refractivity contribution in [2.45, 2.75) is 74.9 Å². The number of sulfone groups is 1. The third-order valence-corrected chi connectivity index (χ3v) is 7.59. The fourth-order valence-electron chi connectivity index (χ4n) is 4.36. The maximum absolute atomic E-state index is 12.7. The number of alkyl halides is 2. The molecule has 2 aromatic rings. The lowest BCUT2D eigenvalue weighted by atomic mass is 9.77. The average molecular weight is 421 g/mol. The van der Waals surface area contributed by atoms with Gasteiger partial charge in [0.15, 0.2) is 0 Å². The van der Waals surface area contributed by atoms with Crippen LogP contribution in [0.4, 0.5) is 8.78 Å². The summed E-state index contributed by atoms with van der Waals surface area (Å²) in [5.74, 6) is -1.89. The van der Waals surface area contributed by atoms with Crippen molar-refractivity contribution in [1.82, 2.24) is 0 Å². The number of benzene rings is 2. The Morgan fingerprint density at radius 2 is 1.41 bits per heavy atom. The quantitative estimate of drug-likeness (QED) is 0.423. The van der Waals surface area contributed by atoms with Gasteiger partial charge in [-0.25, -0.2) is 8.42 Å². The molecule has 1 fully saturated rings. The van der Waals surface area contributed by atoms with E-state index in [0.29, 0.717) is 5.92 Å². The number of unbranched alkanes of at least 4 members (excludes halogenated alkanes) is 2. The van der Waals surface area contributed by atoms with E-state index in [0.717, 1.165) is 17.0 Å². The van der Waals surface area contributed by atoms with Gasteiger partial charge >= 0.3 is 5.76 Å². The van der Waals surface area contributed by atoms with Gasteiger partial charge in [0.2, 0.25) is 9.84 Å². The van der Waals surface area contributed by atoms with Crippen LogP contribution in [-0.4, -0.2) is 14.2 Å². The molecule has 2 nitrogen and oxygen atoms in total. The normalized spacial score (nSPS) is 20.1. The smallest absolute Gasteiger partial charge is 0.218 e. The van der Waals surface area contributed by atoms with Gasteiger partial charge in [-0.1, -0.05) is 69.0 Å². The fourth-order valence-corrected chi connectivity index (χ4v) is 5.08. The second kappa shape index (κ2) is 9.84. The van der Waals surface area contributed by atoms with Gasteiger partial charge in [-0.05, 0) is 66.3 Å². The summed E-state index contributed by atoms with van der Waals surface area (Å²) in [4.78, 5) is -0.344. The van der Waals surface area contributed by atoms with Crippen LogP contribution in [0.3, 0.4) is 0 Å². The average Bonchev–Trinajstić information content (AvgIpc) is 2.74. The molecular weight excluding hydrogens is 390 g/mol. The first-order valence-corrected chi connectivity index (χ1v) is 12.2. The van der Waals surface area contributed by atoms with E-state index in [1.54, 1.807) is 12.1 Å². The number of hydrogen-bond donors (Lipinski definition) is 0. The van der Waals surface area contributed by atoms with Crippen molar-refractivity contribution >= 4 is 9.84 Å². The van der Waals surface area contributed by atoms with Crippen LogP contribution in [0.1, 0.15) is 69.8 Å². The van der Waals surface area contributed by atoms with Crippen molar-refractivity contribution in [2.24, 2.45) is 5.92 Å². The second-order valence-corrected chi connectivity index (χ2v) is 10.1. The van der Waals surface area contributed by atoms with Crippen LogP contribution in [0, 0.1) is 5.92 Å². The molecule has 2 aromatic carbocycles. The number of halogens is 2. The maximum Gasteiger partial charge on any atom is 0.341 e. The summed E-state index contributed by atoms with van der Waals surface area (Å²) < 4.78 is 48.4. The molecule has 0 atom stereocenters. The molecule has 0 N–H and O–H groups in total. The van der Waals surface area contributed by atoms with Crippen LogP contribution in [-0.2, 0) is 9.84 Å². The Labute approximate surface area is 173 Å². The van der Waals surface area contributed by atoms with Crippen LogP contribution in [0.25, 0.3) is 11.1 Å². The highest BCUT2D eigenvalue weighted by atomic mass is 32.2. The van der Waals surface area contributed by atoms with E-state index in [2.05, 4.69) is 19.1 Å². The zero-order valence-corrected chi connectivity index (χ0v) is 17.8. The molecule has 5 heteroatoms. The lowest BCUT2D eigenvalue weighted by Crippen LogP contribution is -2.13. The summed E-state index contributed by atoms with van der Waals surface area (Å²) in [6, 6.07) is 14.1. The lowest BCUT2D eigenvalue weighted by Gasteiger charge is -2.29. The van der Waals surface area contributed by atoms with E-state index < -0.39 is 15.6 Å². The highest BCUT2D eigenvalue weighted by Gasteiger charge is 2.26. The first-order chi connectivity index (χ1) is 13.9. The second-order valence-electron chi connectivity index (χ2n) is 8.17. The molecule has 0 saturated heterocycles. The molecule has 0 unspecified atom stereocenters. The minimum atomic E-state index is -4.54. The molecule has 1 aliphatic rings.